The lowest BCUT2D eigenvalue weighted by Crippen LogP contribution is -2.65. The van der Waals surface area contributed by atoms with E-state index in [0.29, 0.717) is 5.92 Å². The van der Waals surface area contributed by atoms with E-state index in [0.717, 1.165) is 57.8 Å². The highest BCUT2D eigenvalue weighted by molar-refractivity contribution is 5.95. The molecule has 38 heavy (non-hydrogen) atoms. The fourth-order valence-corrected chi connectivity index (χ4v) is 10.9. The maximum absolute atomic E-state index is 14.4. The quantitative estimate of drug-likeness (QED) is 0.360. The van der Waals surface area contributed by atoms with Crippen LogP contribution >= 0.6 is 0 Å². The molecule has 0 heterocycles. The number of allylic oxidation sites excluding steroid dienone is 2. The first-order valence-electron chi connectivity index (χ1n) is 15.0. The van der Waals surface area contributed by atoms with E-state index in [1.54, 1.807) is 0 Å². The van der Waals surface area contributed by atoms with Gasteiger partial charge in [-0.05, 0) is 104 Å². The molecule has 0 saturated heterocycles. The first-order chi connectivity index (χ1) is 17.5. The second-order valence-electron chi connectivity index (χ2n) is 15.7. The minimum atomic E-state index is -0.523. The maximum Gasteiger partial charge on any atom is 0.311 e. The summed E-state index contributed by atoms with van der Waals surface area (Å²) < 4.78 is 11.1. The molecular formula is C33H50O5. The summed E-state index contributed by atoms with van der Waals surface area (Å²) in [5.41, 5.74) is 0.461. The average molecular weight is 527 g/mol. The van der Waals surface area contributed by atoms with Crippen LogP contribution in [0.15, 0.2) is 11.6 Å². The van der Waals surface area contributed by atoms with Crippen molar-refractivity contribution >= 4 is 17.7 Å². The van der Waals surface area contributed by atoms with Crippen molar-refractivity contribution in [3.8, 4) is 0 Å². The molecule has 9 unspecified atom stereocenters. The molecule has 5 aliphatic rings. The molecule has 0 aromatic rings. The molecule has 0 spiro atoms. The van der Waals surface area contributed by atoms with Crippen LogP contribution in [-0.2, 0) is 23.9 Å². The second kappa shape index (κ2) is 8.43. The molecule has 5 rings (SSSR count). The number of ketones is 1. The van der Waals surface area contributed by atoms with Gasteiger partial charge in [-0.2, -0.15) is 0 Å². The molecule has 0 N–H and O–H groups in total. The minimum absolute atomic E-state index is 0.0650. The number of esters is 2. The number of hydrogen-bond donors (Lipinski definition) is 0. The van der Waals surface area contributed by atoms with Gasteiger partial charge in [-0.25, -0.2) is 0 Å². The van der Waals surface area contributed by atoms with Gasteiger partial charge in [-0.15, -0.1) is 0 Å². The van der Waals surface area contributed by atoms with Gasteiger partial charge in [0, 0.05) is 18.3 Å². The number of rotatable bonds is 2. The smallest absolute Gasteiger partial charge is 0.311 e. The van der Waals surface area contributed by atoms with Crippen LogP contribution in [0.4, 0.5) is 0 Å². The summed E-state index contributed by atoms with van der Waals surface area (Å²) in [5, 5.41) is 0. The zero-order chi connectivity index (χ0) is 28.1. The molecule has 0 aromatic heterocycles. The van der Waals surface area contributed by atoms with E-state index >= 15 is 0 Å². The lowest BCUT2D eigenvalue weighted by atomic mass is 9.34. The van der Waals surface area contributed by atoms with Crippen LogP contribution in [0.1, 0.15) is 113 Å². The van der Waals surface area contributed by atoms with Crippen molar-refractivity contribution in [3.63, 3.8) is 0 Å². The highest BCUT2D eigenvalue weighted by Gasteiger charge is 2.69. The average Bonchev–Trinajstić information content (AvgIpc) is 2.83. The summed E-state index contributed by atoms with van der Waals surface area (Å²) in [6, 6.07) is 0. The molecule has 212 valence electrons. The van der Waals surface area contributed by atoms with Crippen molar-refractivity contribution in [2.75, 3.05) is 7.11 Å². The molecular weight excluding hydrogens is 476 g/mol. The van der Waals surface area contributed by atoms with Crippen LogP contribution < -0.4 is 0 Å². The number of methoxy groups -OCH3 is 1. The lowest BCUT2D eigenvalue weighted by Gasteiger charge is -2.70. The summed E-state index contributed by atoms with van der Waals surface area (Å²) in [6.45, 7) is 17.7. The zero-order valence-electron chi connectivity index (χ0n) is 25.3. The van der Waals surface area contributed by atoms with Crippen LogP contribution in [0, 0.1) is 50.2 Å². The van der Waals surface area contributed by atoms with Gasteiger partial charge in [0.05, 0.1) is 12.5 Å². The summed E-state index contributed by atoms with van der Waals surface area (Å²) in [5.74, 6) is 0.426. The molecule has 0 aliphatic heterocycles. The van der Waals surface area contributed by atoms with Crippen molar-refractivity contribution in [2.45, 2.75) is 119 Å². The number of carbonyl (C=O) groups excluding carboxylic acids is 3. The van der Waals surface area contributed by atoms with Crippen molar-refractivity contribution in [2.24, 2.45) is 50.2 Å². The number of hydrogen-bond acceptors (Lipinski definition) is 5. The standard InChI is InChI=1S/C33H50O5/c1-20(34)38-25-11-12-31(6)23(28(25,2)3)10-13-32(7)24(31)18-22(35)26-21-19-30(5,27(36)37-9)15-14-29(21,4)16-17-33(26,32)8/h18,21,23,25-26H,10-17,19H2,1-9H3. The number of carbonyl (C=O) groups is 3. The molecule has 4 saturated carbocycles. The highest BCUT2D eigenvalue weighted by Crippen LogP contribution is 2.75. The summed E-state index contributed by atoms with van der Waals surface area (Å²) in [7, 11) is 1.49. The maximum atomic E-state index is 14.4. The predicted octanol–water partition coefficient (Wildman–Crippen LogP) is 7.07. The van der Waals surface area contributed by atoms with Crippen LogP contribution in [0.5, 0.6) is 0 Å². The molecule has 0 amide bonds. The Hall–Kier alpha value is -1.65. The molecule has 9 atom stereocenters. The van der Waals surface area contributed by atoms with Crippen molar-refractivity contribution in [1.29, 1.82) is 0 Å². The SMILES string of the molecule is COC(=O)C1(C)CCC2(C)CCC3(C)C(C(=O)C=C4C5(C)CCC(OC(C)=O)C(C)(C)C5CCC43C)C2C1. The van der Waals surface area contributed by atoms with E-state index in [1.165, 1.54) is 19.6 Å². The zero-order valence-corrected chi connectivity index (χ0v) is 25.3. The largest absolute Gasteiger partial charge is 0.469 e. The topological polar surface area (TPSA) is 69.7 Å². The molecule has 5 heteroatoms. The Morgan fingerprint density at radius 2 is 1.55 bits per heavy atom. The Balaban J connectivity index is 1.57. The van der Waals surface area contributed by atoms with Crippen molar-refractivity contribution in [1.82, 2.24) is 0 Å². The fraction of sp³-hybridized carbons (Fsp3) is 0.848. The third kappa shape index (κ3) is 3.51. The Morgan fingerprint density at radius 3 is 2.18 bits per heavy atom. The first-order valence-corrected chi connectivity index (χ1v) is 15.0. The van der Waals surface area contributed by atoms with E-state index < -0.39 is 5.41 Å². The molecule has 5 nitrogen and oxygen atoms in total. The second-order valence-corrected chi connectivity index (χ2v) is 15.7. The Morgan fingerprint density at radius 1 is 0.895 bits per heavy atom. The Labute approximate surface area is 229 Å². The van der Waals surface area contributed by atoms with Crippen LogP contribution in [0.2, 0.25) is 0 Å². The number of fused-ring (bicyclic) bond motifs is 7. The van der Waals surface area contributed by atoms with Crippen LogP contribution in [0.25, 0.3) is 0 Å². The van der Waals surface area contributed by atoms with Crippen LogP contribution in [0.3, 0.4) is 0 Å². The molecule has 5 aliphatic carbocycles. The monoisotopic (exact) mass is 526 g/mol. The van der Waals surface area contributed by atoms with Gasteiger partial charge in [-0.1, -0.05) is 47.1 Å². The predicted molar refractivity (Wildman–Crippen MR) is 147 cm³/mol. The van der Waals surface area contributed by atoms with E-state index in [4.69, 9.17) is 9.47 Å². The Kier molecular flexibility index (Phi) is 6.19. The van der Waals surface area contributed by atoms with Gasteiger partial charge in [0.2, 0.25) is 0 Å². The fourth-order valence-electron chi connectivity index (χ4n) is 10.9. The molecule has 4 fully saturated rings. The minimum Gasteiger partial charge on any atom is -0.469 e. The molecule has 0 aromatic carbocycles. The third-order valence-corrected chi connectivity index (χ3v) is 13.5. The van der Waals surface area contributed by atoms with E-state index in [-0.39, 0.29) is 62.7 Å². The van der Waals surface area contributed by atoms with Gasteiger partial charge < -0.3 is 9.47 Å². The van der Waals surface area contributed by atoms with Crippen LogP contribution in [-0.4, -0.2) is 30.9 Å². The highest BCUT2D eigenvalue weighted by atomic mass is 16.5. The van der Waals surface area contributed by atoms with E-state index in [1.807, 2.05) is 0 Å². The van der Waals surface area contributed by atoms with E-state index in [2.05, 4.69) is 54.5 Å². The van der Waals surface area contributed by atoms with Gasteiger partial charge in [0.15, 0.2) is 5.78 Å². The van der Waals surface area contributed by atoms with Crippen molar-refractivity contribution < 1.29 is 23.9 Å². The van der Waals surface area contributed by atoms with E-state index in [9.17, 15) is 14.4 Å². The van der Waals surface area contributed by atoms with Gasteiger partial charge in [-0.3, -0.25) is 14.4 Å². The first kappa shape index (κ1) is 27.9. The summed E-state index contributed by atoms with van der Waals surface area (Å²) in [6.07, 6.45) is 10.6. The van der Waals surface area contributed by atoms with Gasteiger partial charge in [0.25, 0.3) is 0 Å². The third-order valence-electron chi connectivity index (χ3n) is 13.5. The van der Waals surface area contributed by atoms with Crippen molar-refractivity contribution in [3.05, 3.63) is 11.6 Å². The van der Waals surface area contributed by atoms with Gasteiger partial charge in [0.1, 0.15) is 6.10 Å². The van der Waals surface area contributed by atoms with Gasteiger partial charge >= 0.3 is 11.9 Å². The Bertz CT molecular complexity index is 1090. The lowest BCUT2D eigenvalue weighted by molar-refractivity contribution is -0.189. The summed E-state index contributed by atoms with van der Waals surface area (Å²) in [4.78, 5) is 39.2. The summed E-state index contributed by atoms with van der Waals surface area (Å²) >= 11 is 0. The molecule has 0 bridgehead atoms. The number of ether oxygens (including phenoxy) is 2. The normalized spacial score (nSPS) is 49.4. The molecule has 0 radical (unpaired) electrons.